The highest BCUT2D eigenvalue weighted by atomic mass is 16.5. The number of rotatable bonds is 5. The highest BCUT2D eigenvalue weighted by Crippen LogP contribution is 2.16. The molecule has 0 saturated heterocycles. The molecule has 0 fully saturated rings. The third kappa shape index (κ3) is 3.58. The van der Waals surface area contributed by atoms with E-state index in [1.54, 1.807) is 0 Å². The van der Waals surface area contributed by atoms with Crippen molar-refractivity contribution in [1.82, 2.24) is 5.16 Å². The molecular weight excluding hydrogens is 246 g/mol. The number of hydrogen-bond acceptors (Lipinski definition) is 4. The minimum atomic E-state index is -1.09. The van der Waals surface area contributed by atoms with E-state index in [0.717, 1.165) is 16.9 Å². The predicted octanol–water partition coefficient (Wildman–Crippen LogP) is 2.61. The molecule has 0 amide bonds. The van der Waals surface area contributed by atoms with E-state index in [-0.39, 0.29) is 5.69 Å². The van der Waals surface area contributed by atoms with Gasteiger partial charge in [0.2, 0.25) is 0 Å². The summed E-state index contributed by atoms with van der Waals surface area (Å²) in [7, 11) is 0. The van der Waals surface area contributed by atoms with Crippen molar-refractivity contribution in [3.8, 4) is 5.75 Å². The minimum Gasteiger partial charge on any atom is -0.493 e. The molecule has 0 saturated carbocycles. The van der Waals surface area contributed by atoms with Gasteiger partial charge in [-0.05, 0) is 37.1 Å². The van der Waals surface area contributed by atoms with Gasteiger partial charge in [0, 0.05) is 12.5 Å². The topological polar surface area (TPSA) is 72.6 Å². The van der Waals surface area contributed by atoms with Crippen LogP contribution in [0.5, 0.6) is 5.75 Å². The smallest absolute Gasteiger partial charge is 0.358 e. The van der Waals surface area contributed by atoms with Gasteiger partial charge in [-0.1, -0.05) is 11.2 Å². The summed E-state index contributed by atoms with van der Waals surface area (Å²) in [6.45, 7) is 4.43. The Morgan fingerprint density at radius 3 is 2.53 bits per heavy atom. The molecule has 1 aromatic heterocycles. The van der Waals surface area contributed by atoms with E-state index in [4.69, 9.17) is 14.4 Å². The quantitative estimate of drug-likeness (QED) is 0.895. The zero-order valence-corrected chi connectivity index (χ0v) is 10.8. The van der Waals surface area contributed by atoms with Crippen LogP contribution in [-0.2, 0) is 6.42 Å². The van der Waals surface area contributed by atoms with Crippen LogP contribution in [0.3, 0.4) is 0 Å². The number of benzene rings is 1. The first-order chi connectivity index (χ1) is 9.04. The van der Waals surface area contributed by atoms with Crippen molar-refractivity contribution in [3.63, 3.8) is 0 Å². The van der Waals surface area contributed by atoms with Crippen LogP contribution in [0.1, 0.15) is 27.4 Å². The van der Waals surface area contributed by atoms with Crippen LogP contribution in [0, 0.1) is 13.8 Å². The van der Waals surface area contributed by atoms with E-state index in [1.165, 1.54) is 6.07 Å². The molecular formula is C14H15NO4. The number of aromatic nitrogens is 1. The van der Waals surface area contributed by atoms with Gasteiger partial charge in [0.1, 0.15) is 11.5 Å². The summed E-state index contributed by atoms with van der Waals surface area (Å²) in [5, 5.41) is 12.1. The van der Waals surface area contributed by atoms with E-state index >= 15 is 0 Å². The Balaban J connectivity index is 1.90. The Kier molecular flexibility index (Phi) is 3.85. The largest absolute Gasteiger partial charge is 0.493 e. The Bertz CT molecular complexity index is 569. The number of aryl methyl sites for hydroxylation is 2. The zero-order chi connectivity index (χ0) is 13.8. The van der Waals surface area contributed by atoms with Crippen LogP contribution in [0.25, 0.3) is 0 Å². The fraction of sp³-hybridized carbons (Fsp3) is 0.286. The van der Waals surface area contributed by atoms with Crippen LogP contribution in [0.15, 0.2) is 28.8 Å². The molecule has 100 valence electrons. The Hall–Kier alpha value is -2.30. The lowest BCUT2D eigenvalue weighted by Crippen LogP contribution is -2.01. The molecule has 2 aromatic rings. The van der Waals surface area contributed by atoms with Gasteiger partial charge in [-0.2, -0.15) is 0 Å². The van der Waals surface area contributed by atoms with Crippen molar-refractivity contribution in [1.29, 1.82) is 0 Å². The van der Waals surface area contributed by atoms with Crippen LogP contribution < -0.4 is 4.74 Å². The fourth-order valence-electron chi connectivity index (χ4n) is 1.82. The summed E-state index contributed by atoms with van der Waals surface area (Å²) in [6.07, 6.45) is 0.479. The Morgan fingerprint density at radius 2 is 1.95 bits per heavy atom. The van der Waals surface area contributed by atoms with Crippen LogP contribution in [0.4, 0.5) is 0 Å². The second kappa shape index (κ2) is 5.56. The summed E-state index contributed by atoms with van der Waals surface area (Å²) in [5.74, 6) is 0.211. The van der Waals surface area contributed by atoms with Crippen LogP contribution in [0.2, 0.25) is 0 Å². The maximum absolute atomic E-state index is 10.6. The number of carboxylic acids is 1. The number of ether oxygens (including phenoxy) is 1. The van der Waals surface area contributed by atoms with Gasteiger partial charge in [0.15, 0.2) is 5.69 Å². The minimum absolute atomic E-state index is 0.0820. The monoisotopic (exact) mass is 261 g/mol. The molecule has 5 nitrogen and oxygen atoms in total. The van der Waals surface area contributed by atoms with Gasteiger partial charge >= 0.3 is 5.97 Å². The summed E-state index contributed by atoms with van der Waals surface area (Å²) in [6, 6.07) is 7.39. The lowest BCUT2D eigenvalue weighted by Gasteiger charge is -2.06. The maximum Gasteiger partial charge on any atom is 0.358 e. The van der Waals surface area contributed by atoms with Gasteiger partial charge in [0.25, 0.3) is 0 Å². The first-order valence-electron chi connectivity index (χ1n) is 5.94. The second-order valence-corrected chi connectivity index (χ2v) is 4.41. The molecule has 19 heavy (non-hydrogen) atoms. The Labute approximate surface area is 110 Å². The van der Waals surface area contributed by atoms with E-state index in [0.29, 0.717) is 18.8 Å². The molecule has 0 aliphatic rings. The fourth-order valence-corrected chi connectivity index (χ4v) is 1.82. The van der Waals surface area contributed by atoms with E-state index in [2.05, 4.69) is 11.2 Å². The van der Waals surface area contributed by atoms with Gasteiger partial charge < -0.3 is 14.4 Å². The van der Waals surface area contributed by atoms with Crippen molar-refractivity contribution >= 4 is 5.97 Å². The SMILES string of the molecule is Cc1cc(C)cc(OCCc2cc(C(=O)O)no2)c1. The third-order valence-electron chi connectivity index (χ3n) is 2.59. The highest BCUT2D eigenvalue weighted by Gasteiger charge is 2.10. The number of nitrogens with zero attached hydrogens (tertiary/aromatic N) is 1. The number of hydrogen-bond donors (Lipinski definition) is 1. The number of carbonyl (C=O) groups is 1. The van der Waals surface area contributed by atoms with E-state index in [1.807, 2.05) is 26.0 Å². The summed E-state index contributed by atoms with van der Waals surface area (Å²) >= 11 is 0. The molecule has 0 aliphatic heterocycles. The van der Waals surface area contributed by atoms with E-state index < -0.39 is 5.97 Å². The van der Waals surface area contributed by atoms with Gasteiger partial charge in [-0.15, -0.1) is 0 Å². The second-order valence-electron chi connectivity index (χ2n) is 4.41. The summed E-state index contributed by atoms with van der Waals surface area (Å²) in [5.41, 5.74) is 2.20. The number of aromatic carboxylic acids is 1. The van der Waals surface area contributed by atoms with Gasteiger partial charge in [-0.3, -0.25) is 0 Å². The molecule has 5 heteroatoms. The van der Waals surface area contributed by atoms with Crippen LogP contribution in [-0.4, -0.2) is 22.8 Å². The summed E-state index contributed by atoms with van der Waals surface area (Å²) in [4.78, 5) is 10.6. The van der Waals surface area contributed by atoms with Gasteiger partial charge in [-0.25, -0.2) is 4.79 Å². The molecule has 0 aliphatic carbocycles. The van der Waals surface area contributed by atoms with Crippen molar-refractivity contribution < 1.29 is 19.2 Å². The molecule has 0 spiro atoms. The van der Waals surface area contributed by atoms with Crippen molar-refractivity contribution in [2.45, 2.75) is 20.3 Å². The third-order valence-corrected chi connectivity index (χ3v) is 2.59. The average Bonchev–Trinajstić information content (AvgIpc) is 2.76. The first-order valence-corrected chi connectivity index (χ1v) is 5.94. The zero-order valence-electron chi connectivity index (χ0n) is 10.8. The molecule has 0 atom stereocenters. The normalized spacial score (nSPS) is 10.4. The molecule has 2 rings (SSSR count). The molecule has 1 aromatic carbocycles. The van der Waals surface area contributed by atoms with Gasteiger partial charge in [0.05, 0.1) is 6.61 Å². The molecule has 1 heterocycles. The van der Waals surface area contributed by atoms with Crippen molar-refractivity contribution in [3.05, 3.63) is 46.8 Å². The molecule has 1 N–H and O–H groups in total. The molecule has 0 bridgehead atoms. The summed E-state index contributed by atoms with van der Waals surface area (Å²) < 4.78 is 10.5. The predicted molar refractivity (Wildman–Crippen MR) is 68.6 cm³/mol. The van der Waals surface area contributed by atoms with Crippen molar-refractivity contribution in [2.24, 2.45) is 0 Å². The lowest BCUT2D eigenvalue weighted by molar-refractivity contribution is 0.0685. The number of carboxylic acid groups (broad SMARTS) is 1. The van der Waals surface area contributed by atoms with Crippen molar-refractivity contribution in [2.75, 3.05) is 6.61 Å². The average molecular weight is 261 g/mol. The molecule has 0 unspecified atom stereocenters. The van der Waals surface area contributed by atoms with E-state index in [9.17, 15) is 4.79 Å². The standard InChI is InChI=1S/C14H15NO4/c1-9-5-10(2)7-12(6-9)18-4-3-11-8-13(14(16)17)15-19-11/h5-8H,3-4H2,1-2H3,(H,16,17). The maximum atomic E-state index is 10.6. The first kappa shape index (κ1) is 13.1. The Morgan fingerprint density at radius 1 is 1.26 bits per heavy atom. The highest BCUT2D eigenvalue weighted by molar-refractivity contribution is 5.85. The van der Waals surface area contributed by atoms with Crippen LogP contribution >= 0.6 is 0 Å². The molecule has 0 radical (unpaired) electrons. The lowest BCUT2D eigenvalue weighted by atomic mass is 10.1.